The van der Waals surface area contributed by atoms with Gasteiger partial charge in [-0.15, -0.1) is 0 Å². The molecule has 2 aromatic heterocycles. The Labute approximate surface area is 170 Å². The van der Waals surface area contributed by atoms with E-state index in [1.54, 1.807) is 53.3 Å². The number of carbonyl (C=O) groups excluding carboxylic acids is 2. The number of aromatic nitrogens is 3. The van der Waals surface area contributed by atoms with E-state index in [0.717, 1.165) is 0 Å². The van der Waals surface area contributed by atoms with Gasteiger partial charge in [-0.05, 0) is 37.3 Å². The molecular weight excluding hydrogens is 391 g/mol. The van der Waals surface area contributed by atoms with Crippen molar-refractivity contribution in [2.24, 2.45) is 0 Å². The van der Waals surface area contributed by atoms with E-state index in [1.165, 1.54) is 29.2 Å². The van der Waals surface area contributed by atoms with E-state index in [4.69, 9.17) is 0 Å². The lowest BCUT2D eigenvalue weighted by Gasteiger charge is -2.20. The average Bonchev–Trinajstić information content (AvgIpc) is 3.38. The highest BCUT2D eigenvalue weighted by Gasteiger charge is 2.22. The van der Waals surface area contributed by atoms with Crippen LogP contribution in [0.25, 0.3) is 10.2 Å². The van der Waals surface area contributed by atoms with E-state index in [2.05, 4.69) is 10.1 Å². The summed E-state index contributed by atoms with van der Waals surface area (Å²) in [6.07, 6.45) is 3.47. The number of halogens is 1. The standard InChI is InChI=1S/C21H17FN4O2S/c1-14(27)15-6-8-16(9-7-15)20(28)26(13-12-25-11-3-10-23-25)21-24-19-17(22)4-2-5-18(19)29-21/h2-11H,12-13H2,1H3. The molecule has 4 aromatic rings. The Balaban J connectivity index is 1.69. The molecule has 0 aliphatic carbocycles. The van der Waals surface area contributed by atoms with Crippen molar-refractivity contribution < 1.29 is 14.0 Å². The minimum absolute atomic E-state index is 0.0683. The van der Waals surface area contributed by atoms with Gasteiger partial charge in [-0.2, -0.15) is 5.10 Å². The Morgan fingerprint density at radius 3 is 2.52 bits per heavy atom. The van der Waals surface area contributed by atoms with Gasteiger partial charge in [0.15, 0.2) is 10.9 Å². The second-order valence-corrected chi connectivity index (χ2v) is 7.45. The number of rotatable bonds is 6. The van der Waals surface area contributed by atoms with Crippen LogP contribution in [0.4, 0.5) is 9.52 Å². The minimum atomic E-state index is -0.421. The van der Waals surface area contributed by atoms with Crippen LogP contribution in [-0.2, 0) is 6.54 Å². The molecule has 0 bridgehead atoms. The predicted molar refractivity (Wildman–Crippen MR) is 110 cm³/mol. The number of Topliss-reactive ketones (excluding diaryl/α,β-unsaturated/α-hetero) is 1. The number of nitrogens with zero attached hydrogens (tertiary/aromatic N) is 4. The van der Waals surface area contributed by atoms with Gasteiger partial charge in [0.05, 0.1) is 11.2 Å². The third kappa shape index (κ3) is 3.93. The van der Waals surface area contributed by atoms with Crippen LogP contribution in [0.1, 0.15) is 27.6 Å². The summed E-state index contributed by atoms with van der Waals surface area (Å²) in [6.45, 7) is 2.25. The van der Waals surface area contributed by atoms with E-state index in [1.807, 2.05) is 6.20 Å². The fraction of sp³-hybridized carbons (Fsp3) is 0.143. The maximum absolute atomic E-state index is 14.1. The Morgan fingerprint density at radius 2 is 1.86 bits per heavy atom. The molecule has 0 aliphatic heterocycles. The highest BCUT2D eigenvalue weighted by molar-refractivity contribution is 7.22. The maximum Gasteiger partial charge on any atom is 0.260 e. The SMILES string of the molecule is CC(=O)c1ccc(C(=O)N(CCn2cccn2)c2nc3c(F)cccc3s2)cc1. The fourth-order valence-corrected chi connectivity index (χ4v) is 3.95. The van der Waals surface area contributed by atoms with Crippen molar-refractivity contribution in [1.29, 1.82) is 0 Å². The highest BCUT2D eigenvalue weighted by atomic mass is 32.1. The molecule has 0 N–H and O–H groups in total. The Bertz CT molecular complexity index is 1170. The third-order valence-electron chi connectivity index (χ3n) is 4.48. The first kappa shape index (κ1) is 18.9. The summed E-state index contributed by atoms with van der Waals surface area (Å²) in [5.41, 5.74) is 1.21. The molecule has 146 valence electrons. The van der Waals surface area contributed by atoms with Crippen LogP contribution in [0.2, 0.25) is 0 Å². The van der Waals surface area contributed by atoms with Crippen molar-refractivity contribution in [2.45, 2.75) is 13.5 Å². The van der Waals surface area contributed by atoms with E-state index >= 15 is 0 Å². The summed E-state index contributed by atoms with van der Waals surface area (Å²) in [5, 5.41) is 4.58. The third-order valence-corrected chi connectivity index (χ3v) is 5.53. The summed E-state index contributed by atoms with van der Waals surface area (Å²) in [6, 6.07) is 13.0. The van der Waals surface area contributed by atoms with Crippen molar-refractivity contribution >= 4 is 38.4 Å². The number of ketones is 1. The van der Waals surface area contributed by atoms with E-state index in [0.29, 0.717) is 34.0 Å². The Hall–Kier alpha value is -3.39. The summed E-state index contributed by atoms with van der Waals surface area (Å²) in [7, 11) is 0. The second kappa shape index (κ2) is 7.92. The molecule has 4 rings (SSSR count). The molecule has 8 heteroatoms. The zero-order valence-corrected chi connectivity index (χ0v) is 16.4. The molecule has 0 fully saturated rings. The van der Waals surface area contributed by atoms with Crippen molar-refractivity contribution in [3.05, 3.63) is 77.9 Å². The first-order valence-corrected chi connectivity index (χ1v) is 9.80. The molecule has 0 aliphatic rings. The van der Waals surface area contributed by atoms with Gasteiger partial charge in [-0.3, -0.25) is 19.2 Å². The normalized spacial score (nSPS) is 11.0. The molecule has 0 unspecified atom stereocenters. The van der Waals surface area contributed by atoms with Gasteiger partial charge in [0, 0.05) is 30.1 Å². The van der Waals surface area contributed by atoms with E-state index in [-0.39, 0.29) is 17.2 Å². The zero-order chi connectivity index (χ0) is 20.4. The second-order valence-electron chi connectivity index (χ2n) is 6.44. The van der Waals surface area contributed by atoms with Crippen molar-refractivity contribution in [3.63, 3.8) is 0 Å². The van der Waals surface area contributed by atoms with Gasteiger partial charge >= 0.3 is 0 Å². The smallest absolute Gasteiger partial charge is 0.260 e. The van der Waals surface area contributed by atoms with Crippen molar-refractivity contribution in [3.8, 4) is 0 Å². The van der Waals surface area contributed by atoms with Crippen LogP contribution in [0, 0.1) is 5.82 Å². The molecule has 29 heavy (non-hydrogen) atoms. The van der Waals surface area contributed by atoms with Gasteiger partial charge in [0.25, 0.3) is 5.91 Å². The van der Waals surface area contributed by atoms with E-state index < -0.39 is 5.82 Å². The lowest BCUT2D eigenvalue weighted by atomic mass is 10.1. The van der Waals surface area contributed by atoms with Gasteiger partial charge in [0.1, 0.15) is 11.3 Å². The van der Waals surface area contributed by atoms with Crippen LogP contribution in [0.5, 0.6) is 0 Å². The number of carbonyl (C=O) groups is 2. The summed E-state index contributed by atoms with van der Waals surface area (Å²) in [4.78, 5) is 30.6. The molecular formula is C21H17FN4O2S. The molecule has 2 aromatic carbocycles. The number of benzene rings is 2. The lowest BCUT2D eigenvalue weighted by Crippen LogP contribution is -2.34. The molecule has 6 nitrogen and oxygen atoms in total. The monoisotopic (exact) mass is 408 g/mol. The summed E-state index contributed by atoms with van der Waals surface area (Å²) in [5.74, 6) is -0.761. The number of fused-ring (bicyclic) bond motifs is 1. The quantitative estimate of drug-likeness (QED) is 0.449. The topological polar surface area (TPSA) is 68.1 Å². The van der Waals surface area contributed by atoms with Crippen LogP contribution < -0.4 is 4.90 Å². The van der Waals surface area contributed by atoms with Crippen LogP contribution in [-0.4, -0.2) is 33.0 Å². The zero-order valence-electron chi connectivity index (χ0n) is 15.6. The Morgan fingerprint density at radius 1 is 1.10 bits per heavy atom. The first-order chi connectivity index (χ1) is 14.0. The number of para-hydroxylation sites is 1. The molecule has 0 atom stereocenters. The van der Waals surface area contributed by atoms with Gasteiger partial charge < -0.3 is 0 Å². The van der Waals surface area contributed by atoms with Gasteiger partial charge in [0.2, 0.25) is 0 Å². The number of thiazole rings is 1. The molecule has 0 radical (unpaired) electrons. The van der Waals surface area contributed by atoms with Crippen molar-refractivity contribution in [1.82, 2.24) is 14.8 Å². The first-order valence-electron chi connectivity index (χ1n) is 8.98. The van der Waals surface area contributed by atoms with Crippen LogP contribution in [0.15, 0.2) is 60.9 Å². The molecule has 2 heterocycles. The maximum atomic E-state index is 14.1. The molecule has 0 saturated carbocycles. The molecule has 0 saturated heterocycles. The van der Waals surface area contributed by atoms with Gasteiger partial charge in [-0.25, -0.2) is 9.37 Å². The minimum Gasteiger partial charge on any atom is -0.295 e. The number of amides is 1. The largest absolute Gasteiger partial charge is 0.295 e. The summed E-state index contributed by atoms with van der Waals surface area (Å²) < 4.78 is 16.5. The summed E-state index contributed by atoms with van der Waals surface area (Å²) >= 11 is 1.26. The van der Waals surface area contributed by atoms with Gasteiger partial charge in [-0.1, -0.05) is 29.5 Å². The number of hydrogen-bond acceptors (Lipinski definition) is 5. The van der Waals surface area contributed by atoms with Crippen molar-refractivity contribution in [2.75, 3.05) is 11.4 Å². The van der Waals surface area contributed by atoms with Crippen LogP contribution >= 0.6 is 11.3 Å². The number of anilines is 1. The molecule has 0 spiro atoms. The van der Waals surface area contributed by atoms with Crippen LogP contribution in [0.3, 0.4) is 0 Å². The predicted octanol–water partition coefficient (Wildman–Crippen LogP) is 4.18. The average molecular weight is 408 g/mol. The number of hydrogen-bond donors (Lipinski definition) is 0. The fourth-order valence-electron chi connectivity index (χ4n) is 2.94. The van der Waals surface area contributed by atoms with E-state index in [9.17, 15) is 14.0 Å². The molecule has 1 amide bonds. The lowest BCUT2D eigenvalue weighted by molar-refractivity contribution is 0.0981. The Kier molecular flexibility index (Phi) is 5.18. The highest BCUT2D eigenvalue weighted by Crippen LogP contribution is 2.31.